The Morgan fingerprint density at radius 1 is 1.38 bits per heavy atom. The molecule has 1 rings (SSSR count). The summed E-state index contributed by atoms with van der Waals surface area (Å²) in [6, 6.07) is 0. The van der Waals surface area contributed by atoms with Crippen molar-refractivity contribution in [2.45, 2.75) is 33.6 Å². The fourth-order valence-corrected chi connectivity index (χ4v) is 2.23. The van der Waals surface area contributed by atoms with Gasteiger partial charge >= 0.3 is 0 Å². The molecule has 1 heterocycles. The van der Waals surface area contributed by atoms with Crippen molar-refractivity contribution < 1.29 is 0 Å². The molecule has 0 amide bonds. The maximum Gasteiger partial charge on any atom is 0.185 e. The van der Waals surface area contributed by atoms with E-state index in [0.29, 0.717) is 5.92 Å². The molecule has 2 nitrogen and oxygen atoms in total. The maximum absolute atomic E-state index is 4.42. The average molecular weight is 198 g/mol. The van der Waals surface area contributed by atoms with Gasteiger partial charge in [0.2, 0.25) is 0 Å². The van der Waals surface area contributed by atoms with Crippen LogP contribution in [0.4, 0.5) is 5.13 Å². The highest BCUT2D eigenvalue weighted by molar-refractivity contribution is 7.15. The first-order chi connectivity index (χ1) is 6.19. The highest BCUT2D eigenvalue weighted by Gasteiger charge is 2.09. The summed E-state index contributed by atoms with van der Waals surface area (Å²) in [6.07, 6.45) is 2.00. The van der Waals surface area contributed by atoms with Crippen LogP contribution in [-0.4, -0.2) is 18.1 Å². The molecule has 1 aromatic heterocycles. The van der Waals surface area contributed by atoms with Crippen molar-refractivity contribution in [3.63, 3.8) is 0 Å². The Hall–Kier alpha value is -0.570. The van der Waals surface area contributed by atoms with E-state index < -0.39 is 0 Å². The Labute approximate surface area is 84.6 Å². The third-order valence-electron chi connectivity index (χ3n) is 2.11. The summed E-state index contributed by atoms with van der Waals surface area (Å²) in [5, 5.41) is 1.16. The quantitative estimate of drug-likeness (QED) is 0.739. The summed E-state index contributed by atoms with van der Waals surface area (Å²) in [7, 11) is 0. The second-order valence-electron chi connectivity index (χ2n) is 3.37. The number of anilines is 1. The maximum atomic E-state index is 4.42. The van der Waals surface area contributed by atoms with Gasteiger partial charge in [-0.25, -0.2) is 4.98 Å². The molecule has 0 fully saturated rings. The lowest BCUT2D eigenvalue weighted by molar-refractivity contribution is 0.858. The topological polar surface area (TPSA) is 16.1 Å². The largest absolute Gasteiger partial charge is 0.349 e. The van der Waals surface area contributed by atoms with E-state index >= 15 is 0 Å². The summed E-state index contributed by atoms with van der Waals surface area (Å²) in [4.78, 5) is 8.09. The Morgan fingerprint density at radius 2 is 2.00 bits per heavy atom. The molecule has 0 N–H and O–H groups in total. The fourth-order valence-electron chi connectivity index (χ4n) is 1.18. The van der Waals surface area contributed by atoms with Crippen molar-refractivity contribution in [1.29, 1.82) is 0 Å². The molecule has 0 aliphatic carbocycles. The van der Waals surface area contributed by atoms with Gasteiger partial charge in [0.05, 0.1) is 0 Å². The third kappa shape index (κ3) is 2.44. The van der Waals surface area contributed by atoms with Crippen molar-refractivity contribution in [3.05, 3.63) is 11.1 Å². The van der Waals surface area contributed by atoms with Crippen molar-refractivity contribution in [3.8, 4) is 0 Å². The van der Waals surface area contributed by atoms with Crippen LogP contribution >= 0.6 is 11.3 Å². The summed E-state index contributed by atoms with van der Waals surface area (Å²) in [5.41, 5.74) is 0. The van der Waals surface area contributed by atoms with Gasteiger partial charge in [0.1, 0.15) is 0 Å². The zero-order valence-corrected chi connectivity index (χ0v) is 9.69. The van der Waals surface area contributed by atoms with Crippen LogP contribution in [0.1, 0.15) is 38.5 Å². The van der Waals surface area contributed by atoms with E-state index in [0.717, 1.165) is 18.2 Å². The molecule has 0 radical (unpaired) electrons. The minimum atomic E-state index is 0.599. The molecule has 74 valence electrons. The van der Waals surface area contributed by atoms with Crippen LogP contribution in [0, 0.1) is 0 Å². The number of aromatic nitrogens is 1. The molecule has 0 spiro atoms. The molecule has 0 unspecified atom stereocenters. The molecular formula is C10H18N2S. The number of hydrogen-bond donors (Lipinski definition) is 0. The number of rotatable bonds is 4. The lowest BCUT2D eigenvalue weighted by Gasteiger charge is -2.16. The zero-order valence-electron chi connectivity index (χ0n) is 8.87. The lowest BCUT2D eigenvalue weighted by Crippen LogP contribution is -2.21. The van der Waals surface area contributed by atoms with Crippen LogP contribution in [0.3, 0.4) is 0 Å². The Balaban J connectivity index is 2.78. The molecule has 0 aliphatic rings. The van der Waals surface area contributed by atoms with Crippen LogP contribution in [0.15, 0.2) is 6.20 Å². The van der Waals surface area contributed by atoms with E-state index in [-0.39, 0.29) is 0 Å². The van der Waals surface area contributed by atoms with Gasteiger partial charge in [0, 0.05) is 24.2 Å². The van der Waals surface area contributed by atoms with Crippen LogP contribution < -0.4 is 4.90 Å². The lowest BCUT2D eigenvalue weighted by atomic mass is 10.2. The van der Waals surface area contributed by atoms with Gasteiger partial charge in [-0.1, -0.05) is 13.8 Å². The second kappa shape index (κ2) is 4.61. The number of nitrogens with zero attached hydrogens (tertiary/aromatic N) is 2. The van der Waals surface area contributed by atoms with E-state index in [2.05, 4.69) is 37.6 Å². The molecular weight excluding hydrogens is 180 g/mol. The van der Waals surface area contributed by atoms with E-state index in [9.17, 15) is 0 Å². The van der Waals surface area contributed by atoms with Gasteiger partial charge in [0.15, 0.2) is 5.13 Å². The Morgan fingerprint density at radius 3 is 2.38 bits per heavy atom. The van der Waals surface area contributed by atoms with Crippen LogP contribution in [0.25, 0.3) is 0 Å². The van der Waals surface area contributed by atoms with E-state index in [4.69, 9.17) is 0 Å². The van der Waals surface area contributed by atoms with Gasteiger partial charge in [-0.15, -0.1) is 11.3 Å². The zero-order chi connectivity index (χ0) is 9.84. The van der Waals surface area contributed by atoms with Crippen molar-refractivity contribution in [1.82, 2.24) is 4.98 Å². The summed E-state index contributed by atoms with van der Waals surface area (Å²) in [5.74, 6) is 0.599. The van der Waals surface area contributed by atoms with Crippen molar-refractivity contribution in [2.24, 2.45) is 0 Å². The van der Waals surface area contributed by atoms with Gasteiger partial charge < -0.3 is 4.90 Å². The predicted molar refractivity (Wildman–Crippen MR) is 59.8 cm³/mol. The first-order valence-corrected chi connectivity index (χ1v) is 5.71. The normalized spacial score (nSPS) is 10.8. The minimum Gasteiger partial charge on any atom is -0.349 e. The monoisotopic (exact) mass is 198 g/mol. The molecule has 0 atom stereocenters. The first-order valence-electron chi connectivity index (χ1n) is 4.89. The van der Waals surface area contributed by atoms with Crippen molar-refractivity contribution in [2.75, 3.05) is 18.0 Å². The summed E-state index contributed by atoms with van der Waals surface area (Å²) >= 11 is 1.81. The van der Waals surface area contributed by atoms with Gasteiger partial charge in [-0.05, 0) is 19.8 Å². The summed E-state index contributed by atoms with van der Waals surface area (Å²) in [6.45, 7) is 10.8. The number of hydrogen-bond acceptors (Lipinski definition) is 3. The first kappa shape index (κ1) is 10.5. The third-order valence-corrected chi connectivity index (χ3v) is 3.47. The molecule has 0 saturated heterocycles. The molecule has 1 aromatic rings. The molecule has 3 heteroatoms. The molecule has 0 saturated carbocycles. The number of thiazole rings is 1. The fraction of sp³-hybridized carbons (Fsp3) is 0.700. The highest BCUT2D eigenvalue weighted by Crippen LogP contribution is 2.27. The van der Waals surface area contributed by atoms with Crippen LogP contribution in [0.5, 0.6) is 0 Å². The standard InChI is InChI=1S/C10H18N2S/c1-5-12(6-2)10-11-7-9(13-10)8(3)4/h7-8H,5-6H2,1-4H3. The summed E-state index contributed by atoms with van der Waals surface area (Å²) < 4.78 is 0. The molecule has 0 aliphatic heterocycles. The van der Waals surface area contributed by atoms with E-state index in [1.54, 1.807) is 0 Å². The molecule has 0 aromatic carbocycles. The average Bonchev–Trinajstić information content (AvgIpc) is 2.56. The predicted octanol–water partition coefficient (Wildman–Crippen LogP) is 3.11. The smallest absolute Gasteiger partial charge is 0.185 e. The minimum absolute atomic E-state index is 0.599. The van der Waals surface area contributed by atoms with Crippen molar-refractivity contribution >= 4 is 16.5 Å². The van der Waals surface area contributed by atoms with E-state index in [1.807, 2.05) is 17.5 Å². The van der Waals surface area contributed by atoms with Gasteiger partial charge in [-0.2, -0.15) is 0 Å². The van der Waals surface area contributed by atoms with Gasteiger partial charge in [0.25, 0.3) is 0 Å². The van der Waals surface area contributed by atoms with Crippen LogP contribution in [0.2, 0.25) is 0 Å². The molecule has 13 heavy (non-hydrogen) atoms. The SMILES string of the molecule is CCN(CC)c1ncc(C(C)C)s1. The highest BCUT2D eigenvalue weighted by atomic mass is 32.1. The van der Waals surface area contributed by atoms with E-state index in [1.165, 1.54) is 4.88 Å². The Bertz CT molecular complexity index is 251. The Kier molecular flexibility index (Phi) is 3.72. The second-order valence-corrected chi connectivity index (χ2v) is 4.41. The molecule has 0 bridgehead atoms. The van der Waals surface area contributed by atoms with Crippen LogP contribution in [-0.2, 0) is 0 Å². The van der Waals surface area contributed by atoms with Gasteiger partial charge in [-0.3, -0.25) is 0 Å².